The van der Waals surface area contributed by atoms with Crippen LogP contribution in [0.15, 0.2) is 4.99 Å². The SMILES string of the molecule is CCC1SC2OC(=NC)NC2C(F)C1O. The van der Waals surface area contributed by atoms with Crippen LogP contribution in [-0.2, 0) is 4.74 Å². The molecule has 5 unspecified atom stereocenters. The van der Waals surface area contributed by atoms with E-state index in [4.69, 9.17) is 4.74 Å². The standard InChI is InChI=1S/C9H15FN2O2S/c1-3-4-7(13)5(10)6-8(15-4)14-9(11-2)12-6/h4-8,13H,3H2,1-2H3,(H,11,12). The van der Waals surface area contributed by atoms with Gasteiger partial charge in [0.1, 0.15) is 6.04 Å². The third-order valence-corrected chi connectivity index (χ3v) is 4.40. The fourth-order valence-corrected chi connectivity index (χ4v) is 3.28. The highest BCUT2D eigenvalue weighted by atomic mass is 32.2. The first-order valence-electron chi connectivity index (χ1n) is 5.05. The Balaban J connectivity index is 2.13. The number of hydrogen-bond acceptors (Lipinski definition) is 4. The van der Waals surface area contributed by atoms with Crippen LogP contribution in [0.5, 0.6) is 0 Å². The number of alkyl halides is 1. The molecule has 2 aliphatic rings. The van der Waals surface area contributed by atoms with E-state index in [-0.39, 0.29) is 10.7 Å². The number of aliphatic imine (C=N–C) groups is 1. The number of hydrogen-bond donors (Lipinski definition) is 2. The van der Waals surface area contributed by atoms with E-state index in [1.807, 2.05) is 6.92 Å². The summed E-state index contributed by atoms with van der Waals surface area (Å²) in [5, 5.41) is 12.5. The summed E-state index contributed by atoms with van der Waals surface area (Å²) in [7, 11) is 1.59. The number of amidine groups is 1. The fraction of sp³-hybridized carbons (Fsp3) is 0.889. The normalized spacial score (nSPS) is 47.2. The van der Waals surface area contributed by atoms with Crippen molar-refractivity contribution in [2.45, 2.75) is 42.3 Å². The van der Waals surface area contributed by atoms with Gasteiger partial charge >= 0.3 is 0 Å². The van der Waals surface area contributed by atoms with Crippen molar-refractivity contribution in [3.8, 4) is 0 Å². The first-order chi connectivity index (χ1) is 7.17. The molecular weight excluding hydrogens is 219 g/mol. The molecule has 5 atom stereocenters. The van der Waals surface area contributed by atoms with Gasteiger partial charge in [-0.05, 0) is 6.42 Å². The molecule has 2 aliphatic heterocycles. The van der Waals surface area contributed by atoms with Crippen molar-refractivity contribution in [2.24, 2.45) is 4.99 Å². The van der Waals surface area contributed by atoms with Crippen LogP contribution in [0.4, 0.5) is 4.39 Å². The molecule has 0 aromatic rings. The fourth-order valence-electron chi connectivity index (χ4n) is 1.90. The maximum absolute atomic E-state index is 13.8. The number of aliphatic hydroxyl groups is 1. The van der Waals surface area contributed by atoms with Crippen LogP contribution in [0.3, 0.4) is 0 Å². The molecule has 15 heavy (non-hydrogen) atoms. The molecule has 0 radical (unpaired) electrons. The molecule has 0 aliphatic carbocycles. The van der Waals surface area contributed by atoms with Gasteiger partial charge in [-0.15, -0.1) is 11.8 Å². The quantitative estimate of drug-likeness (QED) is 0.694. The van der Waals surface area contributed by atoms with Gasteiger partial charge in [0, 0.05) is 12.3 Å². The number of rotatable bonds is 1. The van der Waals surface area contributed by atoms with Gasteiger partial charge in [0.15, 0.2) is 11.6 Å². The molecule has 2 rings (SSSR count). The second-order valence-corrected chi connectivity index (χ2v) is 5.05. The zero-order chi connectivity index (χ0) is 11.0. The van der Waals surface area contributed by atoms with Crippen LogP contribution >= 0.6 is 11.8 Å². The van der Waals surface area contributed by atoms with Crippen molar-refractivity contribution in [3.63, 3.8) is 0 Å². The monoisotopic (exact) mass is 234 g/mol. The lowest BCUT2D eigenvalue weighted by molar-refractivity contribution is 0.0393. The Hall–Kier alpha value is -0.490. The van der Waals surface area contributed by atoms with Gasteiger partial charge in [-0.2, -0.15) is 0 Å². The van der Waals surface area contributed by atoms with E-state index in [0.29, 0.717) is 6.02 Å². The van der Waals surface area contributed by atoms with Crippen molar-refractivity contribution in [2.75, 3.05) is 7.05 Å². The summed E-state index contributed by atoms with van der Waals surface area (Å²) >= 11 is 1.48. The minimum Gasteiger partial charge on any atom is -0.449 e. The van der Waals surface area contributed by atoms with Crippen LogP contribution in [0.2, 0.25) is 0 Å². The summed E-state index contributed by atoms with van der Waals surface area (Å²) in [6.45, 7) is 1.94. The Labute approximate surface area is 92.3 Å². The minimum absolute atomic E-state index is 0.0979. The Kier molecular flexibility index (Phi) is 3.06. The maximum Gasteiger partial charge on any atom is 0.286 e. The highest BCUT2D eigenvalue weighted by molar-refractivity contribution is 8.00. The van der Waals surface area contributed by atoms with Gasteiger partial charge in [0.2, 0.25) is 0 Å². The molecule has 0 bridgehead atoms. The highest BCUT2D eigenvalue weighted by Crippen LogP contribution is 2.38. The van der Waals surface area contributed by atoms with E-state index in [0.717, 1.165) is 6.42 Å². The number of thioether (sulfide) groups is 1. The smallest absolute Gasteiger partial charge is 0.286 e. The Bertz CT molecular complexity index is 277. The minimum atomic E-state index is -1.29. The van der Waals surface area contributed by atoms with E-state index in [1.54, 1.807) is 7.05 Å². The number of fused-ring (bicyclic) bond motifs is 1. The second kappa shape index (κ2) is 4.17. The van der Waals surface area contributed by atoms with Gasteiger partial charge in [0.25, 0.3) is 6.02 Å². The molecule has 6 heteroatoms. The topological polar surface area (TPSA) is 53.8 Å². The van der Waals surface area contributed by atoms with E-state index < -0.39 is 18.3 Å². The summed E-state index contributed by atoms with van der Waals surface area (Å²) in [5.41, 5.74) is -0.271. The lowest BCUT2D eigenvalue weighted by Gasteiger charge is -2.35. The molecule has 0 amide bonds. The summed E-state index contributed by atoms with van der Waals surface area (Å²) in [6, 6.07) is -0.115. The third-order valence-electron chi connectivity index (χ3n) is 2.78. The molecule has 2 N–H and O–H groups in total. The van der Waals surface area contributed by atoms with Crippen molar-refractivity contribution >= 4 is 17.8 Å². The number of aliphatic hydroxyl groups excluding tert-OH is 1. The highest BCUT2D eigenvalue weighted by Gasteiger charge is 2.49. The molecule has 4 nitrogen and oxygen atoms in total. The lowest BCUT2D eigenvalue weighted by atomic mass is 10.0. The zero-order valence-corrected chi connectivity index (χ0v) is 9.50. The predicted molar refractivity (Wildman–Crippen MR) is 57.7 cm³/mol. The Morgan fingerprint density at radius 1 is 1.67 bits per heavy atom. The molecule has 0 aromatic heterocycles. The summed E-state index contributed by atoms with van der Waals surface area (Å²) in [6.07, 6.45) is -1.48. The number of ether oxygens (including phenoxy) is 1. The van der Waals surface area contributed by atoms with E-state index >= 15 is 0 Å². The van der Waals surface area contributed by atoms with E-state index in [1.165, 1.54) is 11.8 Å². The summed E-state index contributed by atoms with van der Waals surface area (Å²) in [5.74, 6) is 0. The molecular formula is C9H15FN2O2S. The van der Waals surface area contributed by atoms with Gasteiger partial charge in [0.05, 0.1) is 6.10 Å². The Morgan fingerprint density at radius 2 is 2.40 bits per heavy atom. The van der Waals surface area contributed by atoms with Crippen LogP contribution in [0.1, 0.15) is 13.3 Å². The largest absolute Gasteiger partial charge is 0.449 e. The number of nitrogens with zero attached hydrogens (tertiary/aromatic N) is 1. The maximum atomic E-state index is 13.8. The van der Waals surface area contributed by atoms with Crippen molar-refractivity contribution in [1.82, 2.24) is 5.32 Å². The molecule has 2 fully saturated rings. The van der Waals surface area contributed by atoms with Crippen LogP contribution in [0.25, 0.3) is 0 Å². The van der Waals surface area contributed by atoms with Gasteiger partial charge < -0.3 is 15.2 Å². The third kappa shape index (κ3) is 1.80. The van der Waals surface area contributed by atoms with Crippen LogP contribution in [-0.4, -0.2) is 47.2 Å². The first-order valence-corrected chi connectivity index (χ1v) is 5.99. The van der Waals surface area contributed by atoms with Crippen LogP contribution in [0, 0.1) is 0 Å². The van der Waals surface area contributed by atoms with Gasteiger partial charge in [-0.3, -0.25) is 0 Å². The average Bonchev–Trinajstić information content (AvgIpc) is 2.66. The average molecular weight is 234 g/mol. The number of nitrogens with one attached hydrogen (secondary N) is 1. The van der Waals surface area contributed by atoms with Gasteiger partial charge in [-0.1, -0.05) is 6.92 Å². The molecule has 0 spiro atoms. The van der Waals surface area contributed by atoms with Crippen molar-refractivity contribution in [3.05, 3.63) is 0 Å². The van der Waals surface area contributed by atoms with E-state index in [9.17, 15) is 9.50 Å². The predicted octanol–water partition coefficient (Wildman–Crippen LogP) is 0.511. The molecule has 0 aromatic carbocycles. The lowest BCUT2D eigenvalue weighted by Crippen LogP contribution is -2.53. The molecule has 2 saturated heterocycles. The van der Waals surface area contributed by atoms with Crippen molar-refractivity contribution < 1.29 is 14.2 Å². The molecule has 86 valence electrons. The molecule has 2 heterocycles. The Morgan fingerprint density at radius 3 is 3.00 bits per heavy atom. The first kappa shape index (κ1) is 11.0. The van der Waals surface area contributed by atoms with Gasteiger partial charge in [-0.25, -0.2) is 9.38 Å². The second-order valence-electron chi connectivity index (χ2n) is 3.70. The number of halogens is 1. The van der Waals surface area contributed by atoms with E-state index in [2.05, 4.69) is 10.3 Å². The van der Waals surface area contributed by atoms with Crippen LogP contribution < -0.4 is 5.32 Å². The molecule has 0 saturated carbocycles. The van der Waals surface area contributed by atoms with Crippen molar-refractivity contribution in [1.29, 1.82) is 0 Å². The zero-order valence-electron chi connectivity index (χ0n) is 8.68. The summed E-state index contributed by atoms with van der Waals surface area (Å²) in [4.78, 5) is 3.84. The summed E-state index contributed by atoms with van der Waals surface area (Å²) < 4.78 is 19.2.